The Morgan fingerprint density at radius 1 is 0.650 bits per heavy atom. The van der Waals surface area contributed by atoms with Crippen molar-refractivity contribution in [2.45, 2.75) is 109 Å². The Kier molecular flexibility index (Phi) is 8.43. The van der Waals surface area contributed by atoms with Crippen molar-refractivity contribution in [2.24, 2.45) is 11.5 Å². The van der Waals surface area contributed by atoms with Gasteiger partial charge in [0.25, 0.3) is 0 Å². The van der Waals surface area contributed by atoms with Crippen LogP contribution >= 0.6 is 0 Å². The van der Waals surface area contributed by atoms with Crippen molar-refractivity contribution in [3.63, 3.8) is 0 Å². The Hall–Kier alpha value is -0.0151. The van der Waals surface area contributed by atoms with Gasteiger partial charge < -0.3 is 11.5 Å². The van der Waals surface area contributed by atoms with Crippen LogP contribution in [-0.4, -0.2) is 18.9 Å². The predicted molar refractivity (Wildman–Crippen MR) is 92.2 cm³/mol. The normalized spacial score (nSPS) is 16.1. The van der Waals surface area contributed by atoms with Gasteiger partial charge in [-0.1, -0.05) is 57.7 Å². The predicted octanol–water partition coefficient (Wildman–Crippen LogP) is 4.32. The van der Waals surface area contributed by atoms with Gasteiger partial charge in [-0.25, -0.2) is 0 Å². The third kappa shape index (κ3) is 14.4. The molecule has 1 unspecified atom stereocenters. The number of unbranched alkanes of at least 4 members (excludes halogenated alkanes) is 3. The van der Waals surface area contributed by atoms with Crippen LogP contribution in [0.25, 0.3) is 0 Å². The van der Waals surface area contributed by atoms with Crippen LogP contribution in [0, 0.1) is 0 Å². The van der Waals surface area contributed by atoms with Gasteiger partial charge in [0.1, 0.15) is 0 Å². The standard InChI is InChI=1S/C17H37BN2/c1-15(2,18)11-9-10-14-17(5,20)13-8-6-7-12-16(3,4)19/h6-14,19-20H2,1-5H3. The summed E-state index contributed by atoms with van der Waals surface area (Å²) in [6.45, 7) is 10.6. The molecule has 0 rings (SSSR count). The quantitative estimate of drug-likeness (QED) is 0.437. The zero-order chi connectivity index (χ0) is 15.9. The molecule has 4 N–H and O–H groups in total. The molecule has 0 saturated carbocycles. The largest absolute Gasteiger partial charge is 0.326 e. The number of rotatable bonds is 11. The highest BCUT2D eigenvalue weighted by Gasteiger charge is 2.18. The Morgan fingerprint density at radius 2 is 1.05 bits per heavy atom. The summed E-state index contributed by atoms with van der Waals surface area (Å²) in [5.74, 6) is 0. The first-order valence-electron chi connectivity index (χ1n) is 8.28. The van der Waals surface area contributed by atoms with E-state index >= 15 is 0 Å². The minimum absolute atomic E-state index is 0.0169. The van der Waals surface area contributed by atoms with Crippen molar-refractivity contribution >= 4 is 7.85 Å². The fourth-order valence-electron chi connectivity index (χ4n) is 2.52. The summed E-state index contributed by atoms with van der Waals surface area (Å²) in [4.78, 5) is 0. The maximum atomic E-state index is 6.38. The molecule has 0 spiro atoms. The van der Waals surface area contributed by atoms with Gasteiger partial charge in [-0.3, -0.25) is 0 Å². The summed E-state index contributed by atoms with van der Waals surface area (Å²) in [5.41, 5.74) is 12.3. The van der Waals surface area contributed by atoms with Gasteiger partial charge in [0.15, 0.2) is 0 Å². The van der Waals surface area contributed by atoms with Crippen molar-refractivity contribution in [1.82, 2.24) is 0 Å². The van der Waals surface area contributed by atoms with Crippen LogP contribution < -0.4 is 11.5 Å². The van der Waals surface area contributed by atoms with Gasteiger partial charge in [-0.2, -0.15) is 0 Å². The molecular weight excluding hydrogens is 243 g/mol. The second kappa shape index (κ2) is 8.43. The lowest BCUT2D eigenvalue weighted by Gasteiger charge is -2.26. The lowest BCUT2D eigenvalue weighted by atomic mass is 9.69. The number of nitrogens with two attached hydrogens (primary N) is 2. The average molecular weight is 280 g/mol. The highest BCUT2D eigenvalue weighted by atomic mass is 14.7. The molecule has 0 bridgehead atoms. The first kappa shape index (κ1) is 20.0. The first-order chi connectivity index (χ1) is 8.91. The van der Waals surface area contributed by atoms with Crippen molar-refractivity contribution in [3.05, 3.63) is 0 Å². The summed E-state index contributed by atoms with van der Waals surface area (Å²) in [6, 6.07) is 0. The molecular formula is C17H37BN2. The third-order valence-corrected chi connectivity index (χ3v) is 3.89. The minimum atomic E-state index is -0.0416. The molecule has 0 amide bonds. The molecule has 0 aliphatic carbocycles. The lowest BCUT2D eigenvalue weighted by Crippen LogP contribution is -2.36. The average Bonchev–Trinajstić information content (AvgIpc) is 2.21. The van der Waals surface area contributed by atoms with E-state index in [4.69, 9.17) is 19.3 Å². The van der Waals surface area contributed by atoms with E-state index in [9.17, 15) is 0 Å². The van der Waals surface area contributed by atoms with Crippen LogP contribution in [0.3, 0.4) is 0 Å². The van der Waals surface area contributed by atoms with Crippen LogP contribution in [-0.2, 0) is 0 Å². The smallest absolute Gasteiger partial charge is 0.0738 e. The molecule has 0 saturated heterocycles. The van der Waals surface area contributed by atoms with Gasteiger partial charge in [-0.05, 0) is 40.0 Å². The van der Waals surface area contributed by atoms with Crippen LogP contribution in [0.4, 0.5) is 0 Å². The molecule has 0 aliphatic heterocycles. The maximum Gasteiger partial charge on any atom is 0.0738 e. The molecule has 0 aromatic carbocycles. The van der Waals surface area contributed by atoms with Crippen LogP contribution in [0.2, 0.25) is 5.31 Å². The van der Waals surface area contributed by atoms with E-state index in [0.29, 0.717) is 0 Å². The van der Waals surface area contributed by atoms with Gasteiger partial charge in [0.2, 0.25) is 0 Å². The third-order valence-electron chi connectivity index (χ3n) is 3.89. The van der Waals surface area contributed by atoms with E-state index in [1.807, 2.05) is 0 Å². The van der Waals surface area contributed by atoms with Crippen LogP contribution in [0.15, 0.2) is 0 Å². The van der Waals surface area contributed by atoms with Crippen molar-refractivity contribution in [1.29, 1.82) is 0 Å². The van der Waals surface area contributed by atoms with E-state index in [1.54, 1.807) is 0 Å². The Bertz CT molecular complexity index is 249. The molecule has 20 heavy (non-hydrogen) atoms. The summed E-state index contributed by atoms with van der Waals surface area (Å²) in [6.07, 6.45) is 10.4. The fourth-order valence-corrected chi connectivity index (χ4v) is 2.52. The van der Waals surface area contributed by atoms with E-state index < -0.39 is 0 Å². The molecule has 3 heteroatoms. The molecule has 1 atom stereocenters. The van der Waals surface area contributed by atoms with Crippen molar-refractivity contribution in [2.75, 3.05) is 0 Å². The van der Waals surface area contributed by atoms with Gasteiger partial charge in [-0.15, -0.1) is 0 Å². The number of hydrogen-bond acceptors (Lipinski definition) is 2. The Labute approximate surface area is 128 Å². The molecule has 2 radical (unpaired) electrons. The van der Waals surface area contributed by atoms with Gasteiger partial charge in [0.05, 0.1) is 7.85 Å². The monoisotopic (exact) mass is 280 g/mol. The lowest BCUT2D eigenvalue weighted by molar-refractivity contribution is 0.355. The zero-order valence-electron chi connectivity index (χ0n) is 14.6. The second-order valence-corrected chi connectivity index (χ2v) is 8.40. The zero-order valence-corrected chi connectivity index (χ0v) is 14.6. The molecule has 0 aliphatic rings. The molecule has 0 aromatic rings. The van der Waals surface area contributed by atoms with E-state index in [1.165, 1.54) is 32.1 Å². The minimum Gasteiger partial charge on any atom is -0.326 e. The summed E-state index contributed by atoms with van der Waals surface area (Å²) < 4.78 is 0. The summed E-state index contributed by atoms with van der Waals surface area (Å²) in [5, 5.41) is -0.0416. The second-order valence-electron chi connectivity index (χ2n) is 8.40. The molecule has 0 fully saturated rings. The number of hydrogen-bond donors (Lipinski definition) is 2. The van der Waals surface area contributed by atoms with E-state index in [-0.39, 0.29) is 16.4 Å². The Morgan fingerprint density at radius 3 is 1.50 bits per heavy atom. The van der Waals surface area contributed by atoms with Crippen molar-refractivity contribution in [3.8, 4) is 0 Å². The van der Waals surface area contributed by atoms with Gasteiger partial charge in [0, 0.05) is 11.1 Å². The highest BCUT2D eigenvalue weighted by Crippen LogP contribution is 2.28. The molecule has 2 nitrogen and oxygen atoms in total. The fraction of sp³-hybridized carbons (Fsp3) is 1.00. The Balaban J connectivity index is 3.64. The van der Waals surface area contributed by atoms with E-state index in [2.05, 4.69) is 34.6 Å². The first-order valence-corrected chi connectivity index (χ1v) is 8.28. The van der Waals surface area contributed by atoms with Crippen LogP contribution in [0.5, 0.6) is 0 Å². The van der Waals surface area contributed by atoms with E-state index in [0.717, 1.165) is 25.7 Å². The summed E-state index contributed by atoms with van der Waals surface area (Å²) in [7, 11) is 5.99. The SMILES string of the molecule is [B]C(C)(C)CCCCC(C)(N)CCCCCC(C)(C)N. The molecule has 0 aromatic heterocycles. The highest BCUT2D eigenvalue weighted by molar-refractivity contribution is 6.14. The van der Waals surface area contributed by atoms with Gasteiger partial charge >= 0.3 is 0 Å². The van der Waals surface area contributed by atoms with Crippen LogP contribution in [0.1, 0.15) is 92.4 Å². The molecule has 0 heterocycles. The topological polar surface area (TPSA) is 52.0 Å². The summed E-state index contributed by atoms with van der Waals surface area (Å²) >= 11 is 0. The maximum absolute atomic E-state index is 6.38. The van der Waals surface area contributed by atoms with Crippen molar-refractivity contribution < 1.29 is 0 Å². The molecule has 118 valence electrons.